The van der Waals surface area contributed by atoms with Gasteiger partial charge in [-0.2, -0.15) is 0 Å². The zero-order valence-corrected chi connectivity index (χ0v) is 17.5. The van der Waals surface area contributed by atoms with Crippen molar-refractivity contribution in [2.45, 2.75) is 45.3 Å². The molecule has 1 unspecified atom stereocenters. The van der Waals surface area contributed by atoms with Crippen LogP contribution in [0, 0.1) is 0 Å². The van der Waals surface area contributed by atoms with Gasteiger partial charge in [-0.05, 0) is 80.1 Å². The maximum absolute atomic E-state index is 12.7. The minimum absolute atomic E-state index is 0.270. The molecule has 4 rings (SSSR count). The first-order valence-corrected chi connectivity index (χ1v) is 10.6. The van der Waals surface area contributed by atoms with Gasteiger partial charge in [-0.25, -0.2) is 0 Å². The number of carbonyl (C=O) groups excluding carboxylic acids is 2. The number of anilines is 1. The van der Waals surface area contributed by atoms with Crippen molar-refractivity contribution in [1.82, 2.24) is 5.32 Å². The first-order chi connectivity index (χ1) is 15.1. The monoisotopic (exact) mass is 418 g/mol. The Hall–Kier alpha value is -3.54. The second-order valence-corrected chi connectivity index (χ2v) is 7.69. The van der Waals surface area contributed by atoms with Gasteiger partial charge in [-0.1, -0.05) is 18.2 Å². The third kappa shape index (κ3) is 5.15. The SMILES string of the molecule is CC(Oc1ccc2c(c1)CCCC2)C(=O)Nc1ccccc1C(=O)NCc1ccco1. The third-order valence-corrected chi connectivity index (χ3v) is 5.43. The summed E-state index contributed by atoms with van der Waals surface area (Å²) < 4.78 is 11.1. The highest BCUT2D eigenvalue weighted by Gasteiger charge is 2.19. The quantitative estimate of drug-likeness (QED) is 0.592. The number of fused-ring (bicyclic) bond motifs is 1. The first kappa shape index (κ1) is 20.7. The molecule has 0 aliphatic heterocycles. The Kier molecular flexibility index (Phi) is 6.36. The average molecular weight is 418 g/mol. The van der Waals surface area contributed by atoms with E-state index in [1.54, 1.807) is 49.6 Å². The van der Waals surface area contributed by atoms with Crippen LogP contribution in [0.5, 0.6) is 5.75 Å². The van der Waals surface area contributed by atoms with Crippen molar-refractivity contribution in [2.24, 2.45) is 0 Å². The Morgan fingerprint density at radius 1 is 1.03 bits per heavy atom. The van der Waals surface area contributed by atoms with Crippen LogP contribution < -0.4 is 15.4 Å². The van der Waals surface area contributed by atoms with Crippen LogP contribution in [0.25, 0.3) is 0 Å². The summed E-state index contributed by atoms with van der Waals surface area (Å²) in [5.74, 6) is 0.731. The molecule has 2 N–H and O–H groups in total. The summed E-state index contributed by atoms with van der Waals surface area (Å²) >= 11 is 0. The number of rotatable bonds is 7. The molecular weight excluding hydrogens is 392 g/mol. The van der Waals surface area contributed by atoms with Gasteiger partial charge in [0.15, 0.2) is 6.10 Å². The predicted molar refractivity (Wildman–Crippen MR) is 118 cm³/mol. The molecule has 1 aliphatic carbocycles. The Labute approximate surface area is 181 Å². The van der Waals surface area contributed by atoms with Crippen molar-refractivity contribution in [3.05, 3.63) is 83.3 Å². The summed E-state index contributed by atoms with van der Waals surface area (Å²) in [6.45, 7) is 1.97. The molecule has 0 radical (unpaired) electrons. The summed E-state index contributed by atoms with van der Waals surface area (Å²) in [5.41, 5.74) is 3.48. The van der Waals surface area contributed by atoms with Crippen LogP contribution in [0.1, 0.15) is 47.0 Å². The highest BCUT2D eigenvalue weighted by Crippen LogP contribution is 2.26. The van der Waals surface area contributed by atoms with Crippen molar-refractivity contribution in [3.63, 3.8) is 0 Å². The van der Waals surface area contributed by atoms with E-state index in [9.17, 15) is 9.59 Å². The fourth-order valence-electron chi connectivity index (χ4n) is 3.74. The number of aryl methyl sites for hydroxylation is 2. The number of amides is 2. The van der Waals surface area contributed by atoms with Crippen molar-refractivity contribution in [3.8, 4) is 5.75 Å². The lowest BCUT2D eigenvalue weighted by Gasteiger charge is -2.19. The predicted octanol–water partition coefficient (Wildman–Crippen LogP) is 4.49. The van der Waals surface area contributed by atoms with E-state index in [0.29, 0.717) is 22.8 Å². The molecule has 0 saturated carbocycles. The fourth-order valence-corrected chi connectivity index (χ4v) is 3.74. The summed E-state index contributed by atoms with van der Waals surface area (Å²) in [6.07, 6.45) is 5.41. The summed E-state index contributed by atoms with van der Waals surface area (Å²) in [6, 6.07) is 16.5. The van der Waals surface area contributed by atoms with Gasteiger partial charge in [0.1, 0.15) is 11.5 Å². The lowest BCUT2D eigenvalue weighted by atomic mass is 9.92. The summed E-state index contributed by atoms with van der Waals surface area (Å²) in [4.78, 5) is 25.3. The highest BCUT2D eigenvalue weighted by atomic mass is 16.5. The maximum Gasteiger partial charge on any atom is 0.265 e. The highest BCUT2D eigenvalue weighted by molar-refractivity contribution is 6.04. The molecule has 0 saturated heterocycles. The molecule has 31 heavy (non-hydrogen) atoms. The number of hydrogen-bond donors (Lipinski definition) is 2. The van der Waals surface area contributed by atoms with E-state index in [2.05, 4.69) is 16.7 Å². The fraction of sp³-hybridized carbons (Fsp3) is 0.280. The van der Waals surface area contributed by atoms with Gasteiger partial charge < -0.3 is 19.8 Å². The molecule has 1 aromatic heterocycles. The molecule has 2 aromatic carbocycles. The number of hydrogen-bond acceptors (Lipinski definition) is 4. The number of ether oxygens (including phenoxy) is 1. The van der Waals surface area contributed by atoms with Gasteiger partial charge in [-0.3, -0.25) is 9.59 Å². The molecule has 6 nitrogen and oxygen atoms in total. The Morgan fingerprint density at radius 3 is 2.65 bits per heavy atom. The molecule has 0 fully saturated rings. The van der Waals surface area contributed by atoms with Gasteiger partial charge >= 0.3 is 0 Å². The minimum Gasteiger partial charge on any atom is -0.481 e. The van der Waals surface area contributed by atoms with Crippen LogP contribution in [0.2, 0.25) is 0 Å². The van der Waals surface area contributed by atoms with Crippen molar-refractivity contribution in [2.75, 3.05) is 5.32 Å². The zero-order chi connectivity index (χ0) is 21.6. The lowest BCUT2D eigenvalue weighted by molar-refractivity contribution is -0.122. The standard InChI is InChI=1S/C25H26N2O4/c1-17(31-20-13-12-18-7-2-3-8-19(18)15-20)24(28)27-23-11-5-4-10-22(23)25(29)26-16-21-9-6-14-30-21/h4-6,9-15,17H,2-3,7-8,16H2,1H3,(H,26,29)(H,27,28). The number of benzene rings is 2. The number of nitrogens with one attached hydrogen (secondary N) is 2. The molecule has 0 spiro atoms. The molecule has 1 aliphatic rings. The van der Waals surface area contributed by atoms with Crippen molar-refractivity contribution < 1.29 is 18.7 Å². The molecule has 1 atom stereocenters. The largest absolute Gasteiger partial charge is 0.481 e. The van der Waals surface area contributed by atoms with E-state index in [-0.39, 0.29) is 18.4 Å². The topological polar surface area (TPSA) is 80.6 Å². The zero-order valence-electron chi connectivity index (χ0n) is 17.5. The van der Waals surface area contributed by atoms with Crippen LogP contribution in [-0.4, -0.2) is 17.9 Å². The summed E-state index contributed by atoms with van der Waals surface area (Å²) in [5, 5.41) is 5.62. The summed E-state index contributed by atoms with van der Waals surface area (Å²) in [7, 11) is 0. The molecular formula is C25H26N2O4. The molecule has 160 valence electrons. The second kappa shape index (κ2) is 9.51. The average Bonchev–Trinajstić information content (AvgIpc) is 3.31. The molecule has 0 bridgehead atoms. The van der Waals surface area contributed by atoms with E-state index >= 15 is 0 Å². The van der Waals surface area contributed by atoms with Crippen LogP contribution in [0.3, 0.4) is 0 Å². The number of para-hydroxylation sites is 1. The molecule has 1 heterocycles. The maximum atomic E-state index is 12.7. The lowest BCUT2D eigenvalue weighted by Crippen LogP contribution is -2.31. The molecule has 6 heteroatoms. The van der Waals surface area contributed by atoms with Crippen LogP contribution in [0.15, 0.2) is 65.3 Å². The van der Waals surface area contributed by atoms with Gasteiger partial charge in [0, 0.05) is 0 Å². The van der Waals surface area contributed by atoms with Crippen LogP contribution in [-0.2, 0) is 24.2 Å². The van der Waals surface area contributed by atoms with Crippen LogP contribution >= 0.6 is 0 Å². The van der Waals surface area contributed by atoms with E-state index in [1.807, 2.05) is 12.1 Å². The van der Waals surface area contributed by atoms with E-state index < -0.39 is 6.10 Å². The van der Waals surface area contributed by atoms with E-state index in [0.717, 1.165) is 12.8 Å². The van der Waals surface area contributed by atoms with E-state index in [4.69, 9.17) is 9.15 Å². The van der Waals surface area contributed by atoms with Gasteiger partial charge in [-0.15, -0.1) is 0 Å². The van der Waals surface area contributed by atoms with Gasteiger partial charge in [0.25, 0.3) is 11.8 Å². The normalized spacial score (nSPS) is 13.7. The Bertz CT molecular complexity index is 1060. The smallest absolute Gasteiger partial charge is 0.265 e. The van der Waals surface area contributed by atoms with Crippen molar-refractivity contribution >= 4 is 17.5 Å². The van der Waals surface area contributed by atoms with E-state index in [1.165, 1.54) is 24.0 Å². The van der Waals surface area contributed by atoms with Gasteiger partial charge in [0.2, 0.25) is 0 Å². The third-order valence-electron chi connectivity index (χ3n) is 5.43. The molecule has 2 amide bonds. The minimum atomic E-state index is -0.708. The number of furan rings is 1. The number of carbonyl (C=O) groups is 2. The van der Waals surface area contributed by atoms with Crippen molar-refractivity contribution in [1.29, 1.82) is 0 Å². The van der Waals surface area contributed by atoms with Gasteiger partial charge in [0.05, 0.1) is 24.1 Å². The Morgan fingerprint density at radius 2 is 1.84 bits per heavy atom. The second-order valence-electron chi connectivity index (χ2n) is 7.69. The molecule has 3 aromatic rings. The Balaban J connectivity index is 1.39. The van der Waals surface area contributed by atoms with Crippen LogP contribution in [0.4, 0.5) is 5.69 Å². The first-order valence-electron chi connectivity index (χ1n) is 10.6.